The molecule has 0 bridgehead atoms. The number of hydrogen-bond donors (Lipinski definition) is 0. The van der Waals surface area contributed by atoms with Gasteiger partial charge in [0.25, 0.3) is 0 Å². The number of nitrogens with zero attached hydrogens (tertiary/aromatic N) is 1. The van der Waals surface area contributed by atoms with Crippen LogP contribution < -0.4 is 9.47 Å². The largest absolute Gasteiger partial charge is 0.493 e. The van der Waals surface area contributed by atoms with Crippen LogP contribution in [0.3, 0.4) is 0 Å². The minimum absolute atomic E-state index is 0.0231. The lowest BCUT2D eigenvalue weighted by atomic mass is 10.1. The molecule has 0 atom stereocenters. The van der Waals surface area contributed by atoms with Crippen molar-refractivity contribution in [3.63, 3.8) is 0 Å². The zero-order valence-corrected chi connectivity index (χ0v) is 13.8. The Balaban J connectivity index is 2.21. The van der Waals surface area contributed by atoms with Gasteiger partial charge < -0.3 is 14.0 Å². The Morgan fingerprint density at radius 2 is 1.79 bits per heavy atom. The van der Waals surface area contributed by atoms with Crippen molar-refractivity contribution in [1.29, 1.82) is 0 Å². The number of methoxy groups -OCH3 is 2. The summed E-state index contributed by atoms with van der Waals surface area (Å²) in [6, 6.07) is 9.93. The summed E-state index contributed by atoms with van der Waals surface area (Å²) in [5.74, 6) is 0.869. The predicted octanol–water partition coefficient (Wildman–Crippen LogP) is 4.05. The van der Waals surface area contributed by atoms with E-state index >= 15 is 0 Å². The van der Waals surface area contributed by atoms with Crippen LogP contribution in [-0.2, 0) is 6.54 Å². The topological polar surface area (TPSA) is 40.5 Å². The zero-order chi connectivity index (χ0) is 17.3. The van der Waals surface area contributed by atoms with E-state index in [0.717, 1.165) is 16.5 Å². The number of ether oxygens (including phenoxy) is 2. The van der Waals surface area contributed by atoms with Crippen LogP contribution in [0, 0.1) is 5.82 Å². The van der Waals surface area contributed by atoms with Gasteiger partial charge in [0.05, 0.1) is 19.7 Å². The smallest absolute Gasteiger partial charge is 0.185 e. The van der Waals surface area contributed by atoms with Gasteiger partial charge >= 0.3 is 0 Å². The van der Waals surface area contributed by atoms with Gasteiger partial charge in [-0.15, -0.1) is 0 Å². The fourth-order valence-electron chi connectivity index (χ4n) is 2.89. The Morgan fingerprint density at radius 3 is 2.38 bits per heavy atom. The molecule has 0 aliphatic carbocycles. The van der Waals surface area contributed by atoms with Crippen molar-refractivity contribution in [3.8, 4) is 11.5 Å². The number of benzene rings is 2. The molecule has 0 saturated carbocycles. The first kappa shape index (κ1) is 16.1. The molecule has 0 radical (unpaired) electrons. The summed E-state index contributed by atoms with van der Waals surface area (Å²) in [4.78, 5) is 12.0. The van der Waals surface area contributed by atoms with Gasteiger partial charge in [-0.25, -0.2) is 4.39 Å². The average Bonchev–Trinajstić information content (AvgIpc) is 2.95. The van der Waals surface area contributed by atoms with Crippen molar-refractivity contribution in [2.45, 2.75) is 13.5 Å². The molecule has 3 aromatic rings. The van der Waals surface area contributed by atoms with Crippen LogP contribution in [0.15, 0.2) is 42.6 Å². The Hall–Kier alpha value is -2.82. The number of rotatable bonds is 5. The van der Waals surface area contributed by atoms with Crippen LogP contribution in [0.1, 0.15) is 22.8 Å². The molecule has 0 aliphatic heterocycles. The summed E-state index contributed by atoms with van der Waals surface area (Å²) < 4.78 is 25.9. The van der Waals surface area contributed by atoms with Gasteiger partial charge in [-0.3, -0.25) is 4.79 Å². The van der Waals surface area contributed by atoms with Crippen molar-refractivity contribution in [3.05, 3.63) is 59.5 Å². The van der Waals surface area contributed by atoms with Gasteiger partial charge in [-0.1, -0.05) is 12.1 Å². The number of carbonyl (C=O) groups is 1. The van der Waals surface area contributed by atoms with E-state index in [1.54, 1.807) is 38.6 Å². The van der Waals surface area contributed by atoms with Crippen molar-refractivity contribution in [2.24, 2.45) is 0 Å². The van der Waals surface area contributed by atoms with Gasteiger partial charge in [0.15, 0.2) is 17.3 Å². The number of hydrogen-bond acceptors (Lipinski definition) is 3. The molecule has 0 fully saturated rings. The highest BCUT2D eigenvalue weighted by atomic mass is 19.1. The molecule has 124 valence electrons. The summed E-state index contributed by atoms with van der Waals surface area (Å²) in [5.41, 5.74) is 2.33. The Labute approximate surface area is 139 Å². The first-order valence-corrected chi connectivity index (χ1v) is 7.54. The molecule has 0 N–H and O–H groups in total. The highest BCUT2D eigenvalue weighted by molar-refractivity contribution is 6.08. The van der Waals surface area contributed by atoms with Gasteiger partial charge in [0.1, 0.15) is 5.82 Å². The maximum absolute atomic E-state index is 13.1. The SMILES string of the molecule is COc1ccc2c(C(C)=O)cn(Cc3ccc(F)cc3)c2c1OC. The van der Waals surface area contributed by atoms with Gasteiger partial charge in [-0.05, 0) is 36.8 Å². The van der Waals surface area contributed by atoms with Gasteiger partial charge in [-0.2, -0.15) is 0 Å². The third-order valence-corrected chi connectivity index (χ3v) is 4.03. The normalized spacial score (nSPS) is 10.8. The molecule has 4 nitrogen and oxygen atoms in total. The van der Waals surface area contributed by atoms with Crippen LogP contribution in [-0.4, -0.2) is 24.6 Å². The molecule has 0 unspecified atom stereocenters. The molecular formula is C19H18FNO3. The lowest BCUT2D eigenvalue weighted by Gasteiger charge is -2.12. The highest BCUT2D eigenvalue weighted by Gasteiger charge is 2.19. The van der Waals surface area contributed by atoms with E-state index in [4.69, 9.17) is 9.47 Å². The molecule has 2 aromatic carbocycles. The minimum Gasteiger partial charge on any atom is -0.493 e. The first-order valence-electron chi connectivity index (χ1n) is 7.54. The van der Waals surface area contributed by atoms with Crippen molar-refractivity contribution >= 4 is 16.7 Å². The fourth-order valence-corrected chi connectivity index (χ4v) is 2.89. The van der Waals surface area contributed by atoms with Crippen LogP contribution in [0.2, 0.25) is 0 Å². The van der Waals surface area contributed by atoms with E-state index in [9.17, 15) is 9.18 Å². The number of ketones is 1. The highest BCUT2D eigenvalue weighted by Crippen LogP contribution is 2.38. The lowest BCUT2D eigenvalue weighted by molar-refractivity contribution is 0.101. The van der Waals surface area contributed by atoms with Crippen molar-refractivity contribution in [2.75, 3.05) is 14.2 Å². The number of Topliss-reactive ketones (excluding diaryl/α,β-unsaturated/α-hetero) is 1. The molecule has 0 aliphatic rings. The van der Waals surface area contributed by atoms with Crippen molar-refractivity contribution in [1.82, 2.24) is 4.57 Å². The number of aromatic nitrogens is 1. The summed E-state index contributed by atoms with van der Waals surface area (Å²) in [5, 5.41) is 0.808. The number of halogens is 1. The monoisotopic (exact) mass is 327 g/mol. The summed E-state index contributed by atoms with van der Waals surface area (Å²) in [6.45, 7) is 2.03. The zero-order valence-electron chi connectivity index (χ0n) is 13.8. The van der Waals surface area contributed by atoms with E-state index in [0.29, 0.717) is 23.6 Å². The van der Waals surface area contributed by atoms with E-state index in [1.165, 1.54) is 19.1 Å². The third kappa shape index (κ3) is 2.73. The molecule has 3 rings (SSSR count). The van der Waals surface area contributed by atoms with E-state index in [-0.39, 0.29) is 11.6 Å². The van der Waals surface area contributed by atoms with Gasteiger partial charge in [0.2, 0.25) is 0 Å². The molecular weight excluding hydrogens is 309 g/mol. The summed E-state index contributed by atoms with van der Waals surface area (Å²) >= 11 is 0. The van der Waals surface area contributed by atoms with Crippen LogP contribution in [0.5, 0.6) is 11.5 Å². The van der Waals surface area contributed by atoms with Crippen molar-refractivity contribution < 1.29 is 18.7 Å². The molecule has 24 heavy (non-hydrogen) atoms. The number of fused-ring (bicyclic) bond motifs is 1. The second kappa shape index (κ2) is 6.35. The molecule has 1 aromatic heterocycles. The third-order valence-electron chi connectivity index (χ3n) is 4.03. The summed E-state index contributed by atoms with van der Waals surface area (Å²) in [6.07, 6.45) is 1.80. The second-order valence-corrected chi connectivity index (χ2v) is 5.55. The van der Waals surface area contributed by atoms with Gasteiger partial charge in [0, 0.05) is 23.7 Å². The number of carbonyl (C=O) groups excluding carboxylic acids is 1. The molecule has 1 heterocycles. The van der Waals surface area contributed by atoms with E-state index in [2.05, 4.69) is 0 Å². The standard InChI is InChI=1S/C19H18FNO3/c1-12(22)16-11-21(10-13-4-6-14(20)7-5-13)18-15(16)8-9-17(23-2)19(18)24-3/h4-9,11H,10H2,1-3H3. The quantitative estimate of drug-likeness (QED) is 0.664. The fraction of sp³-hybridized carbons (Fsp3) is 0.211. The van der Waals surface area contributed by atoms with Crippen LogP contribution >= 0.6 is 0 Å². The Kier molecular flexibility index (Phi) is 4.25. The molecule has 0 amide bonds. The van der Waals surface area contributed by atoms with E-state index in [1.807, 2.05) is 10.6 Å². The Bertz CT molecular complexity index is 897. The maximum atomic E-state index is 13.1. The average molecular weight is 327 g/mol. The van der Waals surface area contributed by atoms with E-state index < -0.39 is 0 Å². The predicted molar refractivity (Wildman–Crippen MR) is 90.5 cm³/mol. The van der Waals surface area contributed by atoms with Crippen LogP contribution in [0.4, 0.5) is 4.39 Å². The second-order valence-electron chi connectivity index (χ2n) is 5.55. The lowest BCUT2D eigenvalue weighted by Crippen LogP contribution is -2.00. The minimum atomic E-state index is -0.278. The summed E-state index contributed by atoms with van der Waals surface area (Å²) in [7, 11) is 3.14. The Morgan fingerprint density at radius 1 is 1.08 bits per heavy atom. The maximum Gasteiger partial charge on any atom is 0.185 e. The molecule has 5 heteroatoms. The molecule has 0 saturated heterocycles. The van der Waals surface area contributed by atoms with Crippen LogP contribution in [0.25, 0.3) is 10.9 Å². The first-order chi connectivity index (χ1) is 11.5. The molecule has 0 spiro atoms.